The minimum absolute atomic E-state index is 0.0364. The van der Waals surface area contributed by atoms with E-state index >= 15 is 0 Å². The van der Waals surface area contributed by atoms with Crippen molar-refractivity contribution in [1.29, 1.82) is 0 Å². The van der Waals surface area contributed by atoms with Crippen molar-refractivity contribution in [3.63, 3.8) is 0 Å². The maximum absolute atomic E-state index is 13.1. The highest BCUT2D eigenvalue weighted by Gasteiger charge is 2.52. The average molecular weight is 433 g/mol. The van der Waals surface area contributed by atoms with Crippen LogP contribution in [0.4, 0.5) is 4.79 Å². The molecule has 0 aliphatic carbocycles. The second-order valence-electron chi connectivity index (χ2n) is 7.83. The summed E-state index contributed by atoms with van der Waals surface area (Å²) in [5.74, 6) is -0.823. The lowest BCUT2D eigenvalue weighted by Crippen LogP contribution is -2.48. The van der Waals surface area contributed by atoms with Gasteiger partial charge < -0.3 is 14.6 Å². The van der Waals surface area contributed by atoms with Crippen LogP contribution in [0.5, 0.6) is 0 Å². The van der Waals surface area contributed by atoms with Gasteiger partial charge in [0.1, 0.15) is 17.9 Å². The number of sulfone groups is 1. The van der Waals surface area contributed by atoms with Gasteiger partial charge in [-0.1, -0.05) is 18.2 Å². The summed E-state index contributed by atoms with van der Waals surface area (Å²) in [6.45, 7) is 3.12. The van der Waals surface area contributed by atoms with Gasteiger partial charge in [-0.3, -0.25) is 14.5 Å². The first kappa shape index (κ1) is 20.4. The largest absolute Gasteiger partial charge is 0.458 e. The number of hydrogen-bond donors (Lipinski definition) is 1. The highest BCUT2D eigenvalue weighted by atomic mass is 32.2. The summed E-state index contributed by atoms with van der Waals surface area (Å²) in [5.41, 5.74) is -0.839. The van der Waals surface area contributed by atoms with Gasteiger partial charge in [-0.2, -0.15) is 0 Å². The van der Waals surface area contributed by atoms with Gasteiger partial charge in [0.2, 0.25) is 5.91 Å². The molecule has 4 amide bonds. The number of nitrogens with one attached hydrogen (secondary N) is 1. The van der Waals surface area contributed by atoms with Gasteiger partial charge in [-0.25, -0.2) is 13.2 Å². The molecule has 0 saturated carbocycles. The summed E-state index contributed by atoms with van der Waals surface area (Å²) in [5, 5.41) is 3.43. The van der Waals surface area contributed by atoms with Gasteiger partial charge in [0.15, 0.2) is 15.4 Å². The van der Waals surface area contributed by atoms with Gasteiger partial charge >= 0.3 is 6.03 Å². The summed E-state index contributed by atoms with van der Waals surface area (Å²) >= 11 is 0. The molecular formula is C20H23N3O6S. The number of rotatable bonds is 5. The molecule has 2 aliphatic heterocycles. The number of nitrogens with zero attached hydrogens (tertiary/aromatic N) is 2. The number of likely N-dealkylation sites (N-methyl/N-ethyl adjacent to an activating group) is 1. The second kappa shape index (κ2) is 7.12. The molecule has 2 fully saturated rings. The topological polar surface area (TPSA) is 117 Å². The van der Waals surface area contributed by atoms with Crippen molar-refractivity contribution < 1.29 is 27.2 Å². The van der Waals surface area contributed by atoms with Crippen molar-refractivity contribution in [3.05, 3.63) is 36.1 Å². The van der Waals surface area contributed by atoms with E-state index in [1.54, 1.807) is 25.1 Å². The SMILES string of the molecule is CCN(C(=O)CN1C(=O)N[C@@](C)(c2cc3ccccc3o2)C1=O)[C@@H]1CCS(=O)(=O)C1. The fourth-order valence-electron chi connectivity index (χ4n) is 4.12. The molecule has 30 heavy (non-hydrogen) atoms. The Morgan fingerprint density at radius 3 is 2.70 bits per heavy atom. The lowest BCUT2D eigenvalue weighted by atomic mass is 9.99. The third-order valence-electron chi connectivity index (χ3n) is 5.80. The van der Waals surface area contributed by atoms with Crippen LogP contribution in [0.25, 0.3) is 11.0 Å². The zero-order chi connectivity index (χ0) is 21.7. The fraction of sp³-hybridized carbons (Fsp3) is 0.450. The van der Waals surface area contributed by atoms with Crippen LogP contribution in [0.3, 0.4) is 0 Å². The predicted octanol–water partition coefficient (Wildman–Crippen LogP) is 1.24. The predicted molar refractivity (Wildman–Crippen MR) is 108 cm³/mol. The van der Waals surface area contributed by atoms with Gasteiger partial charge in [0.05, 0.1) is 11.5 Å². The Labute approximate surface area is 173 Å². The van der Waals surface area contributed by atoms with Crippen LogP contribution >= 0.6 is 0 Å². The van der Waals surface area contributed by atoms with E-state index in [1.165, 1.54) is 11.8 Å². The Morgan fingerprint density at radius 1 is 1.33 bits per heavy atom. The lowest BCUT2D eigenvalue weighted by molar-refractivity contribution is -0.140. The Morgan fingerprint density at radius 2 is 2.07 bits per heavy atom. The monoisotopic (exact) mass is 433 g/mol. The number of amides is 4. The first-order chi connectivity index (χ1) is 14.1. The van der Waals surface area contributed by atoms with Crippen LogP contribution < -0.4 is 5.32 Å². The number of imide groups is 1. The molecule has 10 heteroatoms. The number of carbonyl (C=O) groups is 3. The molecule has 2 atom stereocenters. The zero-order valence-corrected chi connectivity index (χ0v) is 17.6. The van der Waals surface area contributed by atoms with Crippen LogP contribution in [0.15, 0.2) is 34.7 Å². The molecule has 0 radical (unpaired) electrons. The van der Waals surface area contributed by atoms with Gasteiger partial charge in [0, 0.05) is 18.0 Å². The molecule has 1 aromatic carbocycles. The Kier molecular flexibility index (Phi) is 4.84. The first-order valence-corrected chi connectivity index (χ1v) is 11.6. The molecule has 3 heterocycles. The third kappa shape index (κ3) is 3.34. The summed E-state index contributed by atoms with van der Waals surface area (Å²) in [6.07, 6.45) is 0.360. The third-order valence-corrected chi connectivity index (χ3v) is 7.55. The van der Waals surface area contributed by atoms with Crippen LogP contribution in [0.2, 0.25) is 0 Å². The summed E-state index contributed by atoms with van der Waals surface area (Å²) in [7, 11) is -3.17. The lowest BCUT2D eigenvalue weighted by Gasteiger charge is -2.28. The molecular weight excluding hydrogens is 410 g/mol. The Hall–Kier alpha value is -2.88. The maximum Gasteiger partial charge on any atom is 0.325 e. The molecule has 2 aromatic rings. The molecule has 0 spiro atoms. The van der Waals surface area contributed by atoms with Crippen LogP contribution in [-0.2, 0) is 25.0 Å². The van der Waals surface area contributed by atoms with Gasteiger partial charge in [-0.15, -0.1) is 0 Å². The minimum Gasteiger partial charge on any atom is -0.458 e. The van der Waals surface area contributed by atoms with Crippen molar-refractivity contribution in [1.82, 2.24) is 15.1 Å². The van der Waals surface area contributed by atoms with E-state index in [-0.39, 0.29) is 17.3 Å². The summed E-state index contributed by atoms with van der Waals surface area (Å²) in [4.78, 5) is 40.8. The zero-order valence-electron chi connectivity index (χ0n) is 16.8. The molecule has 0 bridgehead atoms. The number of carbonyl (C=O) groups excluding carboxylic acids is 3. The normalized spacial score (nSPS) is 25.7. The minimum atomic E-state index is -3.17. The van der Waals surface area contributed by atoms with E-state index in [1.807, 2.05) is 12.1 Å². The molecule has 9 nitrogen and oxygen atoms in total. The highest BCUT2D eigenvalue weighted by molar-refractivity contribution is 7.91. The van der Waals surface area contributed by atoms with Crippen molar-refractivity contribution in [2.75, 3.05) is 24.6 Å². The van der Waals surface area contributed by atoms with E-state index in [2.05, 4.69) is 5.32 Å². The van der Waals surface area contributed by atoms with E-state index in [0.717, 1.165) is 10.3 Å². The number of urea groups is 1. The molecule has 1 aromatic heterocycles. The number of para-hydroxylation sites is 1. The number of furan rings is 1. The van der Waals surface area contributed by atoms with E-state index in [9.17, 15) is 22.8 Å². The van der Waals surface area contributed by atoms with Crippen molar-refractivity contribution in [2.24, 2.45) is 0 Å². The summed E-state index contributed by atoms with van der Waals surface area (Å²) < 4.78 is 29.3. The first-order valence-electron chi connectivity index (χ1n) is 9.77. The molecule has 2 saturated heterocycles. The maximum atomic E-state index is 13.1. The number of fused-ring (bicyclic) bond motifs is 1. The van der Waals surface area contributed by atoms with Gasteiger partial charge in [-0.05, 0) is 32.4 Å². The summed E-state index contributed by atoms with van der Waals surface area (Å²) in [6, 6.07) is 7.82. The second-order valence-corrected chi connectivity index (χ2v) is 10.1. The standard InChI is InChI=1S/C20H23N3O6S/c1-3-22(14-8-9-30(27,28)12-14)17(24)11-23-18(25)20(2,21-19(23)26)16-10-13-6-4-5-7-15(13)29-16/h4-7,10,14H,3,8-9,11-12H2,1-2H3,(H,21,26)/t14-,20+/m1/s1. The average Bonchev–Trinajstić information content (AvgIpc) is 3.34. The van der Waals surface area contributed by atoms with Crippen molar-refractivity contribution in [2.45, 2.75) is 31.8 Å². The van der Waals surface area contributed by atoms with E-state index in [4.69, 9.17) is 4.42 Å². The van der Waals surface area contributed by atoms with Crippen molar-refractivity contribution in [3.8, 4) is 0 Å². The van der Waals surface area contributed by atoms with Crippen LogP contribution in [-0.4, -0.2) is 66.7 Å². The number of hydrogen-bond acceptors (Lipinski definition) is 6. The Bertz CT molecular complexity index is 1110. The smallest absolute Gasteiger partial charge is 0.325 e. The van der Waals surface area contributed by atoms with Crippen LogP contribution in [0.1, 0.15) is 26.0 Å². The molecule has 2 aliphatic rings. The molecule has 4 rings (SSSR count). The molecule has 0 unspecified atom stereocenters. The molecule has 1 N–H and O–H groups in total. The van der Waals surface area contributed by atoms with Crippen molar-refractivity contribution >= 4 is 38.7 Å². The van der Waals surface area contributed by atoms with Crippen LogP contribution in [0, 0.1) is 0 Å². The quantitative estimate of drug-likeness (QED) is 0.709. The molecule has 160 valence electrons. The van der Waals surface area contributed by atoms with E-state index in [0.29, 0.717) is 18.5 Å². The highest BCUT2D eigenvalue weighted by Crippen LogP contribution is 2.33. The van der Waals surface area contributed by atoms with E-state index < -0.39 is 45.8 Å². The fourth-order valence-corrected chi connectivity index (χ4v) is 5.85. The van der Waals surface area contributed by atoms with Gasteiger partial charge in [0.25, 0.3) is 5.91 Å². The Balaban J connectivity index is 1.54. The number of benzene rings is 1.